The smallest absolute Gasteiger partial charge is 0.231 e. The minimum absolute atomic E-state index is 0.0158. The van der Waals surface area contributed by atoms with Gasteiger partial charge in [0.1, 0.15) is 17.0 Å². The summed E-state index contributed by atoms with van der Waals surface area (Å²) in [7, 11) is 1.63. The Hall–Kier alpha value is -2.34. The fourth-order valence-electron chi connectivity index (χ4n) is 2.49. The number of thiazole rings is 1. The summed E-state index contributed by atoms with van der Waals surface area (Å²) < 4.78 is 11.9. The minimum Gasteiger partial charge on any atom is -0.494 e. The average molecular weight is 344 g/mol. The van der Waals surface area contributed by atoms with Crippen LogP contribution in [0.15, 0.2) is 34.9 Å². The normalized spacial score (nSPS) is 11.2. The summed E-state index contributed by atoms with van der Waals surface area (Å²) in [6.45, 7) is 6.17. The monoisotopic (exact) mass is 344 g/mol. The fraction of sp³-hybridized carbons (Fsp3) is 0.333. The van der Waals surface area contributed by atoms with Crippen molar-refractivity contribution in [2.45, 2.75) is 27.3 Å². The quantitative estimate of drug-likeness (QED) is 0.688. The van der Waals surface area contributed by atoms with Crippen LogP contribution in [-0.4, -0.2) is 18.0 Å². The molecule has 24 heavy (non-hydrogen) atoms. The van der Waals surface area contributed by atoms with Crippen molar-refractivity contribution in [2.24, 2.45) is 5.92 Å². The van der Waals surface area contributed by atoms with E-state index in [2.05, 4.69) is 4.98 Å². The highest BCUT2D eigenvalue weighted by Crippen LogP contribution is 2.37. The van der Waals surface area contributed by atoms with Crippen LogP contribution in [0.4, 0.5) is 5.13 Å². The highest BCUT2D eigenvalue weighted by atomic mass is 32.1. The number of aryl methyl sites for hydroxylation is 1. The first-order valence-electron chi connectivity index (χ1n) is 7.79. The van der Waals surface area contributed by atoms with Crippen molar-refractivity contribution in [2.75, 3.05) is 12.0 Å². The fourth-order valence-corrected chi connectivity index (χ4v) is 3.54. The number of ether oxygens (including phenoxy) is 1. The Balaban J connectivity index is 2.08. The maximum atomic E-state index is 12.7. The van der Waals surface area contributed by atoms with E-state index in [1.54, 1.807) is 18.3 Å². The molecule has 0 aliphatic heterocycles. The van der Waals surface area contributed by atoms with Crippen LogP contribution in [0.25, 0.3) is 10.2 Å². The van der Waals surface area contributed by atoms with E-state index in [0.717, 1.165) is 21.5 Å². The molecule has 0 bridgehead atoms. The number of carbonyl (C=O) groups is 1. The molecule has 0 radical (unpaired) electrons. The van der Waals surface area contributed by atoms with E-state index in [4.69, 9.17) is 9.15 Å². The Bertz CT molecular complexity index is 853. The van der Waals surface area contributed by atoms with Gasteiger partial charge in [0.05, 0.1) is 24.6 Å². The van der Waals surface area contributed by atoms with Crippen LogP contribution in [0.3, 0.4) is 0 Å². The van der Waals surface area contributed by atoms with Gasteiger partial charge in [-0.3, -0.25) is 9.69 Å². The lowest BCUT2D eigenvalue weighted by Gasteiger charge is -2.20. The van der Waals surface area contributed by atoms with Crippen LogP contribution in [-0.2, 0) is 11.3 Å². The molecule has 0 fully saturated rings. The number of nitrogens with zero attached hydrogens (tertiary/aromatic N) is 2. The second-order valence-corrected chi connectivity index (χ2v) is 6.89. The molecule has 5 nitrogen and oxygen atoms in total. The van der Waals surface area contributed by atoms with Gasteiger partial charge in [0.2, 0.25) is 5.91 Å². The van der Waals surface area contributed by atoms with E-state index in [1.165, 1.54) is 11.3 Å². The largest absolute Gasteiger partial charge is 0.494 e. The van der Waals surface area contributed by atoms with Gasteiger partial charge in [-0.25, -0.2) is 4.98 Å². The van der Waals surface area contributed by atoms with Crippen LogP contribution in [0.2, 0.25) is 0 Å². The van der Waals surface area contributed by atoms with E-state index < -0.39 is 0 Å². The number of amides is 1. The van der Waals surface area contributed by atoms with E-state index in [1.807, 2.05) is 45.0 Å². The van der Waals surface area contributed by atoms with Crippen LogP contribution in [0.1, 0.15) is 25.2 Å². The standard InChI is InChI=1S/C18H20N2O3S/c1-11(2)17(21)20(10-13-6-5-9-23-13)18-19-15-14(22-4)8-7-12(3)16(15)24-18/h5-9,11H,10H2,1-4H3. The van der Waals surface area contributed by atoms with Gasteiger partial charge in [0.25, 0.3) is 0 Å². The number of hydrogen-bond acceptors (Lipinski definition) is 5. The first kappa shape index (κ1) is 16.5. The molecule has 2 aromatic heterocycles. The summed E-state index contributed by atoms with van der Waals surface area (Å²) in [5.74, 6) is 1.33. The van der Waals surface area contributed by atoms with Crippen molar-refractivity contribution in [1.29, 1.82) is 0 Å². The van der Waals surface area contributed by atoms with Crippen molar-refractivity contribution in [1.82, 2.24) is 4.98 Å². The van der Waals surface area contributed by atoms with Gasteiger partial charge in [0.15, 0.2) is 5.13 Å². The lowest BCUT2D eigenvalue weighted by Crippen LogP contribution is -2.33. The molecule has 1 amide bonds. The zero-order chi connectivity index (χ0) is 17.3. The summed E-state index contributed by atoms with van der Waals surface area (Å²) in [4.78, 5) is 19.1. The summed E-state index contributed by atoms with van der Waals surface area (Å²) in [5.41, 5.74) is 1.91. The van der Waals surface area contributed by atoms with Gasteiger partial charge in [-0.05, 0) is 30.7 Å². The molecule has 126 valence electrons. The van der Waals surface area contributed by atoms with E-state index in [9.17, 15) is 4.79 Å². The summed E-state index contributed by atoms with van der Waals surface area (Å²) in [5, 5.41) is 0.660. The molecule has 0 saturated carbocycles. The van der Waals surface area contributed by atoms with E-state index in [-0.39, 0.29) is 11.8 Å². The number of rotatable bonds is 5. The Morgan fingerprint density at radius 3 is 2.79 bits per heavy atom. The summed E-state index contributed by atoms with van der Waals surface area (Å²) in [6, 6.07) is 7.59. The maximum Gasteiger partial charge on any atom is 0.231 e. The van der Waals surface area contributed by atoms with Crippen LogP contribution in [0, 0.1) is 12.8 Å². The predicted octanol–water partition coefficient (Wildman–Crippen LogP) is 4.40. The number of fused-ring (bicyclic) bond motifs is 1. The van der Waals surface area contributed by atoms with Gasteiger partial charge in [0, 0.05) is 5.92 Å². The maximum absolute atomic E-state index is 12.7. The summed E-state index contributed by atoms with van der Waals surface area (Å²) in [6.07, 6.45) is 1.61. The third-order valence-corrected chi connectivity index (χ3v) is 5.01. The minimum atomic E-state index is -0.130. The molecule has 0 atom stereocenters. The number of hydrogen-bond donors (Lipinski definition) is 0. The molecule has 3 aromatic rings. The first-order valence-corrected chi connectivity index (χ1v) is 8.60. The molecule has 0 aliphatic rings. The Kier molecular flexibility index (Phi) is 4.57. The number of aromatic nitrogens is 1. The molecule has 6 heteroatoms. The molecule has 3 rings (SSSR count). The van der Waals surface area contributed by atoms with Gasteiger partial charge >= 0.3 is 0 Å². The second kappa shape index (κ2) is 6.65. The highest BCUT2D eigenvalue weighted by molar-refractivity contribution is 7.22. The topological polar surface area (TPSA) is 55.6 Å². The van der Waals surface area contributed by atoms with Gasteiger partial charge < -0.3 is 9.15 Å². The highest BCUT2D eigenvalue weighted by Gasteiger charge is 2.24. The molecule has 0 saturated heterocycles. The predicted molar refractivity (Wildman–Crippen MR) is 95.6 cm³/mol. The van der Waals surface area contributed by atoms with Crippen molar-refractivity contribution in [3.8, 4) is 5.75 Å². The molecule has 0 N–H and O–H groups in total. The number of benzene rings is 1. The second-order valence-electron chi connectivity index (χ2n) is 5.92. The molecule has 0 aliphatic carbocycles. The SMILES string of the molecule is COc1ccc(C)c2sc(N(Cc3ccco3)C(=O)C(C)C)nc12. The third kappa shape index (κ3) is 3.01. The number of methoxy groups -OCH3 is 1. The Labute approximate surface area is 144 Å². The molecule has 2 heterocycles. The molecular weight excluding hydrogens is 324 g/mol. The Morgan fingerprint density at radius 2 is 2.17 bits per heavy atom. The van der Waals surface area contributed by atoms with E-state index >= 15 is 0 Å². The number of furan rings is 1. The zero-order valence-electron chi connectivity index (χ0n) is 14.2. The molecule has 0 spiro atoms. The van der Waals surface area contributed by atoms with Gasteiger partial charge in [-0.15, -0.1) is 0 Å². The first-order chi connectivity index (χ1) is 11.5. The molecule has 1 aromatic carbocycles. The van der Waals surface area contributed by atoms with E-state index in [0.29, 0.717) is 17.4 Å². The van der Waals surface area contributed by atoms with Crippen molar-refractivity contribution < 1.29 is 13.9 Å². The average Bonchev–Trinajstić information content (AvgIpc) is 3.22. The number of carbonyl (C=O) groups excluding carboxylic acids is 1. The number of anilines is 1. The van der Waals surface area contributed by atoms with Crippen molar-refractivity contribution in [3.63, 3.8) is 0 Å². The third-order valence-electron chi connectivity index (χ3n) is 3.80. The zero-order valence-corrected chi connectivity index (χ0v) is 15.0. The molecular formula is C18H20N2O3S. The lowest BCUT2D eigenvalue weighted by molar-refractivity contribution is -0.121. The van der Waals surface area contributed by atoms with Crippen molar-refractivity contribution >= 4 is 32.6 Å². The van der Waals surface area contributed by atoms with Crippen LogP contribution < -0.4 is 9.64 Å². The summed E-state index contributed by atoms with van der Waals surface area (Å²) >= 11 is 1.50. The van der Waals surface area contributed by atoms with Crippen molar-refractivity contribution in [3.05, 3.63) is 41.9 Å². The van der Waals surface area contributed by atoms with Gasteiger partial charge in [-0.2, -0.15) is 0 Å². The van der Waals surface area contributed by atoms with Crippen LogP contribution >= 0.6 is 11.3 Å². The molecule has 0 unspecified atom stereocenters. The Morgan fingerprint density at radius 1 is 1.38 bits per heavy atom. The lowest BCUT2D eigenvalue weighted by atomic mass is 10.2. The van der Waals surface area contributed by atoms with Gasteiger partial charge in [-0.1, -0.05) is 31.3 Å². The van der Waals surface area contributed by atoms with Crippen LogP contribution in [0.5, 0.6) is 5.75 Å².